The number of rotatable bonds is 5. The molecule has 3 aromatic rings. The maximum absolute atomic E-state index is 12.6. The van der Waals surface area contributed by atoms with Crippen LogP contribution >= 0.6 is 0 Å². The lowest BCUT2D eigenvalue weighted by atomic mass is 10.1. The molecule has 0 saturated heterocycles. The molecule has 0 bridgehead atoms. The quantitative estimate of drug-likeness (QED) is 0.728. The van der Waals surface area contributed by atoms with Gasteiger partial charge < -0.3 is 15.1 Å². The van der Waals surface area contributed by atoms with Crippen molar-refractivity contribution in [2.45, 2.75) is 0 Å². The molecule has 130 valence electrons. The van der Waals surface area contributed by atoms with Crippen LogP contribution < -0.4 is 10.2 Å². The van der Waals surface area contributed by atoms with Crippen LogP contribution in [0.4, 0.5) is 5.69 Å². The van der Waals surface area contributed by atoms with Crippen molar-refractivity contribution >= 4 is 33.4 Å². The Hall–Kier alpha value is -2.66. The van der Waals surface area contributed by atoms with Gasteiger partial charge in [0.05, 0.1) is 22.3 Å². The Balaban J connectivity index is 2.07. The normalized spacial score (nSPS) is 11.2. The maximum atomic E-state index is 12.6. The van der Waals surface area contributed by atoms with Crippen molar-refractivity contribution < 1.29 is 4.79 Å². The minimum atomic E-state index is -0.0818. The van der Waals surface area contributed by atoms with Crippen molar-refractivity contribution in [1.29, 1.82) is 0 Å². The van der Waals surface area contributed by atoms with E-state index >= 15 is 0 Å². The van der Waals surface area contributed by atoms with Crippen LogP contribution in [0.15, 0.2) is 42.5 Å². The van der Waals surface area contributed by atoms with E-state index in [1.54, 1.807) is 0 Å². The molecular weight excluding hydrogens is 312 g/mol. The van der Waals surface area contributed by atoms with Crippen molar-refractivity contribution in [1.82, 2.24) is 15.2 Å². The molecule has 0 aliphatic rings. The molecule has 0 spiro atoms. The van der Waals surface area contributed by atoms with E-state index in [-0.39, 0.29) is 5.91 Å². The Bertz CT molecular complexity index is 918. The number of nitrogens with one attached hydrogen (secondary N) is 1. The largest absolute Gasteiger partial charge is 0.376 e. The van der Waals surface area contributed by atoms with E-state index in [0.29, 0.717) is 12.1 Å². The number of para-hydroxylation sites is 2. The number of carbonyl (C=O) groups is 1. The van der Waals surface area contributed by atoms with E-state index in [1.807, 2.05) is 68.3 Å². The third-order valence-corrected chi connectivity index (χ3v) is 4.22. The van der Waals surface area contributed by atoms with Gasteiger partial charge in [-0.25, -0.2) is 4.98 Å². The number of carbonyl (C=O) groups excluding carboxylic acids is 1. The van der Waals surface area contributed by atoms with Gasteiger partial charge in [0, 0.05) is 38.0 Å². The smallest absolute Gasteiger partial charge is 0.253 e. The van der Waals surface area contributed by atoms with E-state index in [4.69, 9.17) is 4.98 Å². The lowest BCUT2D eigenvalue weighted by molar-refractivity contribution is 0.0952. The summed E-state index contributed by atoms with van der Waals surface area (Å²) in [6, 6.07) is 14.0. The van der Waals surface area contributed by atoms with Crippen molar-refractivity contribution in [3.05, 3.63) is 48.0 Å². The van der Waals surface area contributed by atoms with Crippen LogP contribution in [0.3, 0.4) is 0 Å². The van der Waals surface area contributed by atoms with Gasteiger partial charge in [-0.05, 0) is 32.3 Å². The molecule has 3 rings (SSSR count). The number of anilines is 1. The van der Waals surface area contributed by atoms with Crippen LogP contribution in [0.1, 0.15) is 10.4 Å². The predicted octanol–water partition coefficient (Wildman–Crippen LogP) is 2.75. The number of hydrogen-bond donors (Lipinski definition) is 1. The van der Waals surface area contributed by atoms with E-state index in [2.05, 4.69) is 17.4 Å². The van der Waals surface area contributed by atoms with Crippen LogP contribution in [0.2, 0.25) is 0 Å². The van der Waals surface area contributed by atoms with Crippen LogP contribution in [-0.2, 0) is 0 Å². The molecule has 0 saturated carbocycles. The van der Waals surface area contributed by atoms with Gasteiger partial charge in [0.1, 0.15) is 0 Å². The average Bonchev–Trinajstić information content (AvgIpc) is 2.58. The van der Waals surface area contributed by atoms with E-state index < -0.39 is 0 Å². The standard InChI is InChI=1S/C20H24N4O/c1-23(2)12-11-21-20(25)16-9-5-7-14-13-15-8-6-10-17(24(3)4)19(15)22-18(14)16/h5-10,13H,11-12H2,1-4H3,(H,21,25). The molecule has 0 radical (unpaired) electrons. The van der Waals surface area contributed by atoms with Crippen LogP contribution in [0, 0.1) is 0 Å². The van der Waals surface area contributed by atoms with Crippen molar-refractivity contribution in [2.24, 2.45) is 0 Å². The van der Waals surface area contributed by atoms with Gasteiger partial charge in [-0.2, -0.15) is 0 Å². The van der Waals surface area contributed by atoms with Gasteiger partial charge in [0.15, 0.2) is 0 Å². The molecule has 0 unspecified atom stereocenters. The van der Waals surface area contributed by atoms with Gasteiger partial charge in [-0.15, -0.1) is 0 Å². The van der Waals surface area contributed by atoms with Gasteiger partial charge >= 0.3 is 0 Å². The monoisotopic (exact) mass is 336 g/mol. The minimum absolute atomic E-state index is 0.0818. The first-order chi connectivity index (χ1) is 12.0. The first kappa shape index (κ1) is 17.2. The Labute approximate surface area is 148 Å². The fraction of sp³-hybridized carbons (Fsp3) is 0.300. The summed E-state index contributed by atoms with van der Waals surface area (Å²) >= 11 is 0. The zero-order valence-corrected chi connectivity index (χ0v) is 15.2. The molecular formula is C20H24N4O. The molecule has 5 heteroatoms. The molecule has 0 atom stereocenters. The van der Waals surface area contributed by atoms with Crippen molar-refractivity contribution in [2.75, 3.05) is 46.2 Å². The fourth-order valence-electron chi connectivity index (χ4n) is 2.90. The van der Waals surface area contributed by atoms with Crippen LogP contribution in [-0.4, -0.2) is 57.1 Å². The summed E-state index contributed by atoms with van der Waals surface area (Å²) in [5.74, 6) is -0.0818. The topological polar surface area (TPSA) is 48.5 Å². The Morgan fingerprint density at radius 2 is 1.68 bits per heavy atom. The number of likely N-dealkylation sites (N-methyl/N-ethyl adjacent to an activating group) is 1. The lowest BCUT2D eigenvalue weighted by Gasteiger charge is -2.16. The van der Waals surface area contributed by atoms with Gasteiger partial charge in [-0.1, -0.05) is 24.3 Å². The molecule has 1 aromatic heterocycles. The highest BCUT2D eigenvalue weighted by Crippen LogP contribution is 2.28. The highest BCUT2D eigenvalue weighted by atomic mass is 16.1. The summed E-state index contributed by atoms with van der Waals surface area (Å²) in [5, 5.41) is 5.03. The minimum Gasteiger partial charge on any atom is -0.376 e. The Morgan fingerprint density at radius 3 is 2.36 bits per heavy atom. The third-order valence-electron chi connectivity index (χ3n) is 4.22. The number of amides is 1. The van der Waals surface area contributed by atoms with Crippen molar-refractivity contribution in [3.8, 4) is 0 Å². The summed E-state index contributed by atoms with van der Waals surface area (Å²) < 4.78 is 0. The second-order valence-corrected chi connectivity index (χ2v) is 6.67. The number of fused-ring (bicyclic) bond motifs is 2. The van der Waals surface area contributed by atoms with E-state index in [1.165, 1.54) is 0 Å². The van der Waals surface area contributed by atoms with Crippen molar-refractivity contribution in [3.63, 3.8) is 0 Å². The van der Waals surface area contributed by atoms with E-state index in [0.717, 1.165) is 34.0 Å². The highest BCUT2D eigenvalue weighted by Gasteiger charge is 2.13. The maximum Gasteiger partial charge on any atom is 0.253 e. The van der Waals surface area contributed by atoms with Gasteiger partial charge in [0.2, 0.25) is 0 Å². The highest BCUT2D eigenvalue weighted by molar-refractivity contribution is 6.08. The summed E-state index contributed by atoms with van der Waals surface area (Å²) in [6.45, 7) is 1.41. The zero-order chi connectivity index (χ0) is 18.0. The summed E-state index contributed by atoms with van der Waals surface area (Å²) in [4.78, 5) is 21.5. The number of benzene rings is 2. The number of aromatic nitrogens is 1. The number of hydrogen-bond acceptors (Lipinski definition) is 4. The molecule has 0 aliphatic heterocycles. The van der Waals surface area contributed by atoms with Gasteiger partial charge in [0.25, 0.3) is 5.91 Å². The van der Waals surface area contributed by atoms with Gasteiger partial charge in [-0.3, -0.25) is 4.79 Å². The molecule has 0 aliphatic carbocycles. The lowest BCUT2D eigenvalue weighted by Crippen LogP contribution is -2.31. The second kappa shape index (κ2) is 7.07. The molecule has 25 heavy (non-hydrogen) atoms. The molecule has 1 amide bonds. The third kappa shape index (κ3) is 3.56. The number of nitrogens with zero attached hydrogens (tertiary/aromatic N) is 3. The molecule has 1 heterocycles. The summed E-state index contributed by atoms with van der Waals surface area (Å²) in [6.07, 6.45) is 0. The van der Waals surface area contributed by atoms with Crippen LogP contribution in [0.5, 0.6) is 0 Å². The first-order valence-corrected chi connectivity index (χ1v) is 8.40. The summed E-state index contributed by atoms with van der Waals surface area (Å²) in [5.41, 5.74) is 3.31. The number of pyridine rings is 1. The first-order valence-electron chi connectivity index (χ1n) is 8.40. The van der Waals surface area contributed by atoms with Crippen LogP contribution in [0.25, 0.3) is 21.8 Å². The Kier molecular flexibility index (Phi) is 4.86. The predicted molar refractivity (Wildman–Crippen MR) is 104 cm³/mol. The SMILES string of the molecule is CN(C)CCNC(=O)c1cccc2cc3cccc(N(C)C)c3nc12. The molecule has 2 aromatic carbocycles. The fourth-order valence-corrected chi connectivity index (χ4v) is 2.90. The van der Waals surface area contributed by atoms with E-state index in [9.17, 15) is 4.79 Å². The molecule has 1 N–H and O–H groups in total. The average molecular weight is 336 g/mol. The molecule has 0 fully saturated rings. The zero-order valence-electron chi connectivity index (χ0n) is 15.2. The summed E-state index contributed by atoms with van der Waals surface area (Å²) in [7, 11) is 7.97. The Morgan fingerprint density at radius 1 is 1.00 bits per heavy atom. The second-order valence-electron chi connectivity index (χ2n) is 6.67. The molecule has 5 nitrogen and oxygen atoms in total.